The zero-order valence-electron chi connectivity index (χ0n) is 8.53. The Kier molecular flexibility index (Phi) is 6.68. The molecule has 0 aromatic rings. The van der Waals surface area contributed by atoms with Gasteiger partial charge in [-0.2, -0.15) is 0 Å². The normalized spacial score (nSPS) is 14.6. The van der Waals surface area contributed by atoms with Crippen LogP contribution >= 0.6 is 11.6 Å². The van der Waals surface area contributed by atoms with Crippen molar-refractivity contribution in [3.05, 3.63) is 0 Å². The van der Waals surface area contributed by atoms with Crippen LogP contribution in [0.1, 0.15) is 20.3 Å². The standard InChI is InChI=1S/C8H18ClNO3S/c1-7(2)8(6-11)10-14(12,13)5-3-4-9/h7-8,10-11H,3-6H2,1-2H3/t8-/m1/s1. The van der Waals surface area contributed by atoms with E-state index in [1.165, 1.54) is 0 Å². The summed E-state index contributed by atoms with van der Waals surface area (Å²) in [5, 5.41) is 8.93. The van der Waals surface area contributed by atoms with Crippen LogP contribution < -0.4 is 4.72 Å². The lowest BCUT2D eigenvalue weighted by atomic mass is 10.1. The lowest BCUT2D eigenvalue weighted by Gasteiger charge is -2.19. The number of hydrogen-bond acceptors (Lipinski definition) is 3. The Labute approximate surface area is 90.7 Å². The van der Waals surface area contributed by atoms with Gasteiger partial charge in [-0.25, -0.2) is 13.1 Å². The van der Waals surface area contributed by atoms with Gasteiger partial charge in [0, 0.05) is 11.9 Å². The van der Waals surface area contributed by atoms with Crippen LogP contribution in [0.2, 0.25) is 0 Å². The molecule has 0 unspecified atom stereocenters. The molecule has 0 saturated heterocycles. The Morgan fingerprint density at radius 1 is 1.43 bits per heavy atom. The Bertz CT molecular complexity index is 241. The second kappa shape index (κ2) is 6.61. The minimum absolute atomic E-state index is 0.0136. The number of rotatable bonds is 7. The molecule has 0 aliphatic carbocycles. The summed E-state index contributed by atoms with van der Waals surface area (Å²) >= 11 is 5.40. The van der Waals surface area contributed by atoms with Crippen molar-refractivity contribution in [1.82, 2.24) is 4.72 Å². The van der Waals surface area contributed by atoms with Gasteiger partial charge in [-0.3, -0.25) is 0 Å². The van der Waals surface area contributed by atoms with Crippen molar-refractivity contribution < 1.29 is 13.5 Å². The van der Waals surface area contributed by atoms with Crippen LogP contribution in [0.5, 0.6) is 0 Å². The Balaban J connectivity index is 4.18. The van der Waals surface area contributed by atoms with Gasteiger partial charge in [0.2, 0.25) is 10.0 Å². The van der Waals surface area contributed by atoms with E-state index >= 15 is 0 Å². The number of sulfonamides is 1. The topological polar surface area (TPSA) is 66.4 Å². The predicted octanol–water partition coefficient (Wildman–Crippen LogP) is 0.552. The first kappa shape index (κ1) is 14.2. The lowest BCUT2D eigenvalue weighted by Crippen LogP contribution is -2.42. The van der Waals surface area contributed by atoms with Crippen molar-refractivity contribution in [3.63, 3.8) is 0 Å². The number of aliphatic hydroxyl groups is 1. The van der Waals surface area contributed by atoms with Crippen LogP contribution in [0.3, 0.4) is 0 Å². The first-order chi connectivity index (χ1) is 6.43. The van der Waals surface area contributed by atoms with Crippen LogP contribution in [0.15, 0.2) is 0 Å². The van der Waals surface area contributed by atoms with Gasteiger partial charge < -0.3 is 5.11 Å². The zero-order valence-corrected chi connectivity index (χ0v) is 10.1. The van der Waals surface area contributed by atoms with Gasteiger partial charge in [-0.05, 0) is 12.3 Å². The molecule has 86 valence electrons. The number of hydrogen-bond donors (Lipinski definition) is 2. The van der Waals surface area contributed by atoms with Crippen molar-refractivity contribution in [1.29, 1.82) is 0 Å². The molecule has 0 fully saturated rings. The molecule has 0 aromatic carbocycles. The number of aliphatic hydroxyl groups excluding tert-OH is 1. The Hall–Kier alpha value is 0.160. The molecule has 0 amide bonds. The average Bonchev–Trinajstić information content (AvgIpc) is 2.10. The van der Waals surface area contributed by atoms with Gasteiger partial charge in [0.1, 0.15) is 0 Å². The van der Waals surface area contributed by atoms with Crippen LogP contribution in [-0.4, -0.2) is 37.8 Å². The minimum atomic E-state index is -3.29. The van der Waals surface area contributed by atoms with Gasteiger partial charge in [0.05, 0.1) is 12.4 Å². The highest BCUT2D eigenvalue weighted by atomic mass is 35.5. The maximum atomic E-state index is 11.4. The molecule has 0 aromatic heterocycles. The third kappa shape index (κ3) is 5.80. The fourth-order valence-corrected chi connectivity index (χ4v) is 2.66. The molecular weight excluding hydrogens is 226 g/mol. The summed E-state index contributed by atoms with van der Waals surface area (Å²) in [7, 11) is -3.29. The quantitative estimate of drug-likeness (QED) is 0.642. The lowest BCUT2D eigenvalue weighted by molar-refractivity contribution is 0.227. The van der Waals surface area contributed by atoms with Crippen molar-refractivity contribution in [2.45, 2.75) is 26.3 Å². The molecule has 4 nitrogen and oxygen atoms in total. The summed E-state index contributed by atoms with van der Waals surface area (Å²) in [6.45, 7) is 3.52. The highest BCUT2D eigenvalue weighted by Gasteiger charge is 2.19. The second-order valence-corrected chi connectivity index (χ2v) is 5.76. The smallest absolute Gasteiger partial charge is 0.211 e. The zero-order chi connectivity index (χ0) is 11.2. The molecule has 0 spiro atoms. The van der Waals surface area contributed by atoms with E-state index in [1.54, 1.807) is 0 Å². The summed E-state index contributed by atoms with van der Waals surface area (Å²) in [5.74, 6) is 0.414. The van der Waals surface area contributed by atoms with Crippen molar-refractivity contribution in [2.24, 2.45) is 5.92 Å². The van der Waals surface area contributed by atoms with E-state index in [-0.39, 0.29) is 18.3 Å². The first-order valence-electron chi connectivity index (χ1n) is 4.59. The summed E-state index contributed by atoms with van der Waals surface area (Å²) in [5.41, 5.74) is 0. The molecule has 2 N–H and O–H groups in total. The summed E-state index contributed by atoms with van der Waals surface area (Å²) < 4.78 is 25.2. The second-order valence-electron chi connectivity index (χ2n) is 3.51. The molecule has 0 bridgehead atoms. The van der Waals surface area contributed by atoms with E-state index in [0.717, 1.165) is 0 Å². The fourth-order valence-electron chi connectivity index (χ4n) is 0.918. The van der Waals surface area contributed by atoms with Gasteiger partial charge >= 0.3 is 0 Å². The number of nitrogens with one attached hydrogen (secondary N) is 1. The van der Waals surface area contributed by atoms with Crippen molar-refractivity contribution in [2.75, 3.05) is 18.2 Å². The van der Waals surface area contributed by atoms with Crippen LogP contribution in [0, 0.1) is 5.92 Å². The van der Waals surface area contributed by atoms with Crippen LogP contribution in [-0.2, 0) is 10.0 Å². The third-order valence-corrected chi connectivity index (χ3v) is 3.63. The molecular formula is C8H18ClNO3S. The van der Waals surface area contributed by atoms with Crippen LogP contribution in [0.25, 0.3) is 0 Å². The Morgan fingerprint density at radius 2 is 2.00 bits per heavy atom. The van der Waals surface area contributed by atoms with Crippen LogP contribution in [0.4, 0.5) is 0 Å². The predicted molar refractivity (Wildman–Crippen MR) is 58.0 cm³/mol. The molecule has 0 heterocycles. The average molecular weight is 244 g/mol. The monoisotopic (exact) mass is 243 g/mol. The van der Waals surface area contributed by atoms with E-state index in [2.05, 4.69) is 4.72 Å². The largest absolute Gasteiger partial charge is 0.395 e. The number of alkyl halides is 1. The van der Waals surface area contributed by atoms with Gasteiger partial charge in [0.25, 0.3) is 0 Å². The SMILES string of the molecule is CC(C)[C@@H](CO)NS(=O)(=O)CCCCl. The van der Waals surface area contributed by atoms with E-state index in [4.69, 9.17) is 16.7 Å². The maximum Gasteiger partial charge on any atom is 0.211 e. The summed E-state index contributed by atoms with van der Waals surface area (Å²) in [6.07, 6.45) is 0.424. The van der Waals surface area contributed by atoms with Gasteiger partial charge in [-0.15, -0.1) is 11.6 Å². The number of halogens is 1. The molecule has 0 radical (unpaired) electrons. The molecule has 0 aliphatic rings. The summed E-state index contributed by atoms with van der Waals surface area (Å²) in [4.78, 5) is 0. The molecule has 14 heavy (non-hydrogen) atoms. The molecule has 0 rings (SSSR count). The van der Waals surface area contributed by atoms with Crippen molar-refractivity contribution in [3.8, 4) is 0 Å². The van der Waals surface area contributed by atoms with E-state index in [9.17, 15) is 8.42 Å². The molecule has 6 heteroatoms. The van der Waals surface area contributed by atoms with E-state index in [0.29, 0.717) is 12.3 Å². The van der Waals surface area contributed by atoms with Gasteiger partial charge in [0.15, 0.2) is 0 Å². The van der Waals surface area contributed by atoms with E-state index in [1.807, 2.05) is 13.8 Å². The highest BCUT2D eigenvalue weighted by molar-refractivity contribution is 7.89. The highest BCUT2D eigenvalue weighted by Crippen LogP contribution is 2.03. The maximum absolute atomic E-state index is 11.4. The van der Waals surface area contributed by atoms with E-state index < -0.39 is 16.1 Å². The third-order valence-electron chi connectivity index (χ3n) is 1.88. The fraction of sp³-hybridized carbons (Fsp3) is 1.00. The molecule has 0 aliphatic heterocycles. The summed E-state index contributed by atoms with van der Waals surface area (Å²) in [6, 6.07) is -0.407. The molecule has 1 atom stereocenters. The molecule has 0 saturated carbocycles. The first-order valence-corrected chi connectivity index (χ1v) is 6.78. The van der Waals surface area contributed by atoms with Gasteiger partial charge in [-0.1, -0.05) is 13.8 Å². The Morgan fingerprint density at radius 3 is 2.36 bits per heavy atom. The van der Waals surface area contributed by atoms with Crippen molar-refractivity contribution >= 4 is 21.6 Å². The minimum Gasteiger partial charge on any atom is -0.395 e.